The van der Waals surface area contributed by atoms with Crippen molar-refractivity contribution in [3.05, 3.63) is 29.3 Å². The van der Waals surface area contributed by atoms with E-state index >= 15 is 0 Å². The fraction of sp³-hybridized carbons (Fsp3) is 0.400. The Morgan fingerprint density at radius 1 is 1.33 bits per heavy atom. The van der Waals surface area contributed by atoms with Gasteiger partial charge in [-0.2, -0.15) is 13.2 Å². The highest BCUT2D eigenvalue weighted by Gasteiger charge is 2.33. The quantitative estimate of drug-likeness (QED) is 0.847. The van der Waals surface area contributed by atoms with Crippen molar-refractivity contribution in [2.75, 3.05) is 6.61 Å². The summed E-state index contributed by atoms with van der Waals surface area (Å²) in [7, 11) is 0. The summed E-state index contributed by atoms with van der Waals surface area (Å²) < 4.78 is 42.6. The number of alkyl halides is 3. The van der Waals surface area contributed by atoms with E-state index in [9.17, 15) is 13.2 Å². The van der Waals surface area contributed by atoms with E-state index in [1.54, 1.807) is 6.92 Å². The lowest BCUT2D eigenvalue weighted by Crippen LogP contribution is -2.12. The van der Waals surface area contributed by atoms with Gasteiger partial charge in [0.25, 0.3) is 0 Å². The number of hydrogen-bond acceptors (Lipinski definition) is 2. The lowest BCUT2D eigenvalue weighted by atomic mass is 10.1. The van der Waals surface area contributed by atoms with E-state index in [1.165, 1.54) is 12.1 Å². The molecule has 0 unspecified atom stereocenters. The summed E-state index contributed by atoms with van der Waals surface area (Å²) >= 11 is 0. The third-order valence-corrected chi connectivity index (χ3v) is 1.92. The minimum Gasteiger partial charge on any atom is -0.494 e. The summed E-state index contributed by atoms with van der Waals surface area (Å²) in [6, 6.07) is 3.81. The first kappa shape index (κ1) is 11.8. The fourth-order valence-corrected chi connectivity index (χ4v) is 1.25. The van der Waals surface area contributed by atoms with Gasteiger partial charge in [-0.15, -0.1) is 0 Å². The van der Waals surface area contributed by atoms with Gasteiger partial charge in [-0.05, 0) is 24.6 Å². The van der Waals surface area contributed by atoms with Crippen molar-refractivity contribution in [1.29, 1.82) is 0 Å². The van der Waals surface area contributed by atoms with Gasteiger partial charge in [0.15, 0.2) is 0 Å². The van der Waals surface area contributed by atoms with Crippen LogP contribution in [0, 0.1) is 0 Å². The molecule has 1 aromatic carbocycles. The molecule has 2 N–H and O–H groups in total. The molecule has 0 aromatic heterocycles. The molecule has 0 aliphatic carbocycles. The number of benzene rings is 1. The minimum absolute atomic E-state index is 0.0750. The Bertz CT molecular complexity index is 336. The molecule has 5 heteroatoms. The summed E-state index contributed by atoms with van der Waals surface area (Å²) in [4.78, 5) is 0. The molecule has 2 nitrogen and oxygen atoms in total. The molecular formula is C10H12F3NO. The van der Waals surface area contributed by atoms with Gasteiger partial charge in [0.1, 0.15) is 5.75 Å². The monoisotopic (exact) mass is 219 g/mol. The first-order valence-corrected chi connectivity index (χ1v) is 4.52. The van der Waals surface area contributed by atoms with Crippen LogP contribution in [0.3, 0.4) is 0 Å². The van der Waals surface area contributed by atoms with Crippen LogP contribution in [0.4, 0.5) is 13.2 Å². The maximum absolute atomic E-state index is 12.5. The normalized spacial score (nSPS) is 11.5. The third kappa shape index (κ3) is 2.86. The third-order valence-electron chi connectivity index (χ3n) is 1.92. The zero-order chi connectivity index (χ0) is 11.5. The molecule has 1 rings (SSSR count). The highest BCUT2D eigenvalue weighted by Crippen LogP contribution is 2.34. The zero-order valence-corrected chi connectivity index (χ0v) is 8.27. The average molecular weight is 219 g/mol. The standard InChI is InChI=1S/C10H12F3NO/c1-2-15-8-4-3-7(6-14)9(5-8)10(11,12)13/h3-5H,2,6,14H2,1H3. The number of ether oxygens (including phenoxy) is 1. The van der Waals surface area contributed by atoms with E-state index in [1.807, 2.05) is 0 Å². The van der Waals surface area contributed by atoms with Gasteiger partial charge in [-0.1, -0.05) is 6.07 Å². The van der Waals surface area contributed by atoms with Gasteiger partial charge in [0.2, 0.25) is 0 Å². The van der Waals surface area contributed by atoms with Gasteiger partial charge < -0.3 is 10.5 Å². The summed E-state index contributed by atoms with van der Waals surface area (Å²) in [5.74, 6) is 0.210. The predicted molar refractivity (Wildman–Crippen MR) is 50.5 cm³/mol. The molecule has 0 fully saturated rings. The highest BCUT2D eigenvalue weighted by atomic mass is 19.4. The summed E-state index contributed by atoms with van der Waals surface area (Å²) in [5.41, 5.74) is 4.58. The van der Waals surface area contributed by atoms with Crippen LogP contribution in [0.25, 0.3) is 0 Å². The minimum atomic E-state index is -4.39. The average Bonchev–Trinajstić information content (AvgIpc) is 2.17. The molecule has 0 aliphatic heterocycles. The van der Waals surface area contributed by atoms with Crippen molar-refractivity contribution in [1.82, 2.24) is 0 Å². The van der Waals surface area contributed by atoms with Crippen molar-refractivity contribution < 1.29 is 17.9 Å². The molecule has 0 amide bonds. The molecule has 0 saturated heterocycles. The smallest absolute Gasteiger partial charge is 0.416 e. The second-order valence-electron chi connectivity index (χ2n) is 2.95. The molecule has 0 spiro atoms. The van der Waals surface area contributed by atoms with Gasteiger partial charge >= 0.3 is 6.18 Å². The van der Waals surface area contributed by atoms with E-state index < -0.39 is 11.7 Å². The van der Waals surface area contributed by atoms with Gasteiger partial charge in [-0.3, -0.25) is 0 Å². The largest absolute Gasteiger partial charge is 0.494 e. The van der Waals surface area contributed by atoms with Crippen LogP contribution in [-0.2, 0) is 12.7 Å². The van der Waals surface area contributed by atoms with Crippen molar-refractivity contribution in [3.8, 4) is 5.75 Å². The van der Waals surface area contributed by atoms with Gasteiger partial charge in [0, 0.05) is 6.54 Å². The van der Waals surface area contributed by atoms with Crippen LogP contribution in [0.2, 0.25) is 0 Å². The Balaban J connectivity index is 3.13. The first-order valence-electron chi connectivity index (χ1n) is 4.52. The summed E-state index contributed by atoms with van der Waals surface area (Å²) in [5, 5.41) is 0. The Kier molecular flexibility index (Phi) is 3.57. The maximum atomic E-state index is 12.5. The highest BCUT2D eigenvalue weighted by molar-refractivity contribution is 5.37. The molecular weight excluding hydrogens is 207 g/mol. The zero-order valence-electron chi connectivity index (χ0n) is 8.27. The number of nitrogens with two attached hydrogens (primary N) is 1. The lowest BCUT2D eigenvalue weighted by Gasteiger charge is -2.13. The van der Waals surface area contributed by atoms with Crippen LogP contribution in [-0.4, -0.2) is 6.61 Å². The number of rotatable bonds is 3. The Morgan fingerprint density at radius 3 is 2.47 bits per heavy atom. The molecule has 0 heterocycles. The molecule has 0 bridgehead atoms. The number of halogens is 3. The topological polar surface area (TPSA) is 35.2 Å². The van der Waals surface area contributed by atoms with Gasteiger partial charge in [0.05, 0.1) is 12.2 Å². The van der Waals surface area contributed by atoms with E-state index in [4.69, 9.17) is 10.5 Å². The van der Waals surface area contributed by atoms with E-state index in [0.29, 0.717) is 6.61 Å². The molecule has 0 atom stereocenters. The Morgan fingerprint density at radius 2 is 2.00 bits per heavy atom. The second kappa shape index (κ2) is 4.53. The molecule has 84 valence electrons. The first-order chi connectivity index (χ1) is 6.99. The Hall–Kier alpha value is -1.23. The molecule has 15 heavy (non-hydrogen) atoms. The maximum Gasteiger partial charge on any atom is 0.416 e. The summed E-state index contributed by atoms with van der Waals surface area (Å²) in [6.07, 6.45) is -4.39. The van der Waals surface area contributed by atoms with Crippen LogP contribution in [0.15, 0.2) is 18.2 Å². The van der Waals surface area contributed by atoms with Crippen LogP contribution in [0.5, 0.6) is 5.75 Å². The van der Waals surface area contributed by atoms with Crippen molar-refractivity contribution in [2.45, 2.75) is 19.6 Å². The van der Waals surface area contributed by atoms with E-state index in [-0.39, 0.29) is 17.9 Å². The Labute approximate surface area is 85.8 Å². The molecule has 0 aliphatic rings. The van der Waals surface area contributed by atoms with Crippen molar-refractivity contribution >= 4 is 0 Å². The molecule has 0 saturated carbocycles. The van der Waals surface area contributed by atoms with Crippen LogP contribution < -0.4 is 10.5 Å². The molecule has 0 radical (unpaired) electrons. The summed E-state index contributed by atoms with van der Waals surface area (Å²) in [6.45, 7) is 1.91. The fourth-order valence-electron chi connectivity index (χ4n) is 1.25. The number of hydrogen-bond donors (Lipinski definition) is 1. The van der Waals surface area contributed by atoms with Gasteiger partial charge in [-0.25, -0.2) is 0 Å². The second-order valence-corrected chi connectivity index (χ2v) is 2.95. The van der Waals surface area contributed by atoms with E-state index in [0.717, 1.165) is 6.07 Å². The van der Waals surface area contributed by atoms with Crippen LogP contribution >= 0.6 is 0 Å². The SMILES string of the molecule is CCOc1ccc(CN)c(C(F)(F)F)c1. The van der Waals surface area contributed by atoms with E-state index in [2.05, 4.69) is 0 Å². The van der Waals surface area contributed by atoms with Crippen molar-refractivity contribution in [2.24, 2.45) is 5.73 Å². The van der Waals surface area contributed by atoms with Crippen molar-refractivity contribution in [3.63, 3.8) is 0 Å². The predicted octanol–water partition coefficient (Wildman–Crippen LogP) is 2.56. The molecule has 1 aromatic rings. The lowest BCUT2D eigenvalue weighted by molar-refractivity contribution is -0.138. The van der Waals surface area contributed by atoms with Crippen LogP contribution in [0.1, 0.15) is 18.1 Å².